The molecular weight excluding hydrogens is 738 g/mol. The molecule has 5 atom stereocenters. The minimum absolute atomic E-state index is 0.0927. The molecule has 2 aromatic rings. The highest BCUT2D eigenvalue weighted by atomic mass is 35.5. The molecule has 16 heteroatoms. The molecule has 2 fully saturated rings. The highest BCUT2D eigenvalue weighted by Gasteiger charge is 2.61. The molecule has 1 saturated carbocycles. The maximum atomic E-state index is 14.4. The fraction of sp³-hybridized carbons (Fsp3) is 0.500. The number of nitrogens with zero attached hydrogens (tertiary/aromatic N) is 2. The Labute approximate surface area is 320 Å². The van der Waals surface area contributed by atoms with E-state index >= 15 is 0 Å². The second kappa shape index (κ2) is 15.6. The molecule has 3 N–H and O–H groups in total. The van der Waals surface area contributed by atoms with Crippen molar-refractivity contribution in [2.24, 2.45) is 5.92 Å². The number of sulfonamides is 1. The third kappa shape index (κ3) is 9.00. The second-order valence-corrected chi connectivity index (χ2v) is 17.4. The molecule has 14 nitrogen and oxygen atoms in total. The van der Waals surface area contributed by atoms with Crippen LogP contribution < -0.4 is 15.4 Å². The Morgan fingerprint density at radius 2 is 1.67 bits per heavy atom. The Morgan fingerprint density at radius 1 is 0.981 bits per heavy atom. The van der Waals surface area contributed by atoms with Gasteiger partial charge >= 0.3 is 12.2 Å². The van der Waals surface area contributed by atoms with E-state index in [4.69, 9.17) is 21.1 Å². The van der Waals surface area contributed by atoms with Gasteiger partial charge in [-0.3, -0.25) is 19.3 Å². The average Bonchev–Trinajstić information content (AvgIpc) is 3.40. The van der Waals surface area contributed by atoms with Gasteiger partial charge in [0.05, 0.1) is 11.4 Å². The Bertz CT molecular complexity index is 1910. The van der Waals surface area contributed by atoms with Gasteiger partial charge in [0.25, 0.3) is 15.9 Å². The third-order valence-electron chi connectivity index (χ3n) is 10.1. The van der Waals surface area contributed by atoms with Crippen molar-refractivity contribution in [2.75, 3.05) is 6.54 Å². The van der Waals surface area contributed by atoms with Gasteiger partial charge in [-0.05, 0) is 81.8 Å². The van der Waals surface area contributed by atoms with Crippen molar-refractivity contribution < 1.29 is 41.9 Å². The number of halogens is 1. The maximum absolute atomic E-state index is 14.4. The lowest BCUT2D eigenvalue weighted by Crippen LogP contribution is -2.58. The Balaban J connectivity index is 1.26. The summed E-state index contributed by atoms with van der Waals surface area (Å²) in [7, 11) is -4.34. The van der Waals surface area contributed by atoms with Crippen LogP contribution >= 0.6 is 11.6 Å². The summed E-state index contributed by atoms with van der Waals surface area (Å²) in [6, 6.07) is 10.7. The number of fused-ring (bicyclic) bond motifs is 3. The van der Waals surface area contributed by atoms with E-state index in [2.05, 4.69) is 15.4 Å². The molecule has 0 bridgehead atoms. The zero-order chi connectivity index (χ0) is 38.8. The maximum Gasteiger partial charge on any atom is 0.410 e. The number of carbonyl (C=O) groups excluding carboxylic acids is 5. The topological polar surface area (TPSA) is 181 Å². The van der Waals surface area contributed by atoms with Crippen LogP contribution in [0.2, 0.25) is 5.02 Å². The Hall–Kier alpha value is -4.63. The SMILES string of the molecule is CC(C)(C)OC(=O)N[C@H]1CCCCCC=C[C@@H]2C[C@@]2(C(=O)NS(=O)(=O)c2ccc(Cl)cc2)NC(=O)[C@@H]2C[C@@H](OC(=O)N3Cc4ccccc4C3)CN2C1=O. The first-order chi connectivity index (χ1) is 25.5. The van der Waals surface area contributed by atoms with Crippen LogP contribution in [0, 0.1) is 5.92 Å². The predicted octanol–water partition coefficient (Wildman–Crippen LogP) is 4.56. The van der Waals surface area contributed by atoms with Gasteiger partial charge in [0, 0.05) is 30.5 Å². The highest BCUT2D eigenvalue weighted by Crippen LogP contribution is 2.46. The molecule has 6 rings (SSSR count). The molecule has 4 aliphatic rings. The van der Waals surface area contributed by atoms with Crippen LogP contribution in [0.5, 0.6) is 0 Å². The summed E-state index contributed by atoms with van der Waals surface area (Å²) in [6.07, 6.45) is 4.39. The van der Waals surface area contributed by atoms with Crippen LogP contribution in [0.15, 0.2) is 65.6 Å². The fourth-order valence-corrected chi connectivity index (χ4v) is 8.34. The molecule has 54 heavy (non-hydrogen) atoms. The van der Waals surface area contributed by atoms with E-state index in [0.29, 0.717) is 31.0 Å². The second-order valence-electron chi connectivity index (χ2n) is 15.3. The van der Waals surface area contributed by atoms with Crippen molar-refractivity contribution in [3.8, 4) is 0 Å². The number of benzene rings is 2. The first-order valence-electron chi connectivity index (χ1n) is 18.2. The van der Waals surface area contributed by atoms with Crippen molar-refractivity contribution in [3.05, 3.63) is 76.8 Å². The number of amides is 5. The molecule has 0 spiro atoms. The molecule has 5 amide bonds. The number of rotatable bonds is 5. The van der Waals surface area contributed by atoms with Gasteiger partial charge < -0.3 is 25.0 Å². The van der Waals surface area contributed by atoms with Crippen LogP contribution in [0.3, 0.4) is 0 Å². The number of ether oxygens (including phenoxy) is 2. The van der Waals surface area contributed by atoms with E-state index in [-0.39, 0.29) is 30.7 Å². The van der Waals surface area contributed by atoms with Gasteiger partial charge in [0.15, 0.2) is 0 Å². The molecule has 2 aromatic carbocycles. The largest absolute Gasteiger partial charge is 0.444 e. The Kier molecular flexibility index (Phi) is 11.3. The van der Waals surface area contributed by atoms with Gasteiger partial charge in [-0.25, -0.2) is 22.7 Å². The monoisotopic (exact) mass is 783 g/mol. The van der Waals surface area contributed by atoms with E-state index in [0.717, 1.165) is 24.0 Å². The normalized spacial score (nSPS) is 25.9. The molecule has 1 aliphatic carbocycles. The smallest absolute Gasteiger partial charge is 0.410 e. The minimum atomic E-state index is -4.34. The van der Waals surface area contributed by atoms with Crippen molar-refractivity contribution >= 4 is 51.5 Å². The molecule has 290 valence electrons. The molecule has 0 unspecified atom stereocenters. The van der Waals surface area contributed by atoms with Crippen LogP contribution in [0.4, 0.5) is 9.59 Å². The molecule has 1 saturated heterocycles. The Morgan fingerprint density at radius 3 is 2.33 bits per heavy atom. The summed E-state index contributed by atoms with van der Waals surface area (Å²) >= 11 is 5.94. The van der Waals surface area contributed by atoms with Gasteiger partial charge in [0.2, 0.25) is 11.8 Å². The lowest BCUT2D eigenvalue weighted by molar-refractivity contribution is -0.141. The van der Waals surface area contributed by atoms with Gasteiger partial charge in [0.1, 0.15) is 29.3 Å². The summed E-state index contributed by atoms with van der Waals surface area (Å²) in [5.74, 6) is -2.75. The molecule has 0 aromatic heterocycles. The summed E-state index contributed by atoms with van der Waals surface area (Å²) in [4.78, 5) is 71.5. The van der Waals surface area contributed by atoms with Crippen molar-refractivity contribution in [2.45, 2.75) is 113 Å². The van der Waals surface area contributed by atoms with E-state index in [9.17, 15) is 32.4 Å². The van der Waals surface area contributed by atoms with Crippen LogP contribution in [-0.4, -0.2) is 84.0 Å². The summed E-state index contributed by atoms with van der Waals surface area (Å²) in [5.41, 5.74) is -0.477. The molecule has 0 radical (unpaired) electrons. The first kappa shape index (κ1) is 39.1. The fourth-order valence-electron chi connectivity index (χ4n) is 7.18. The van der Waals surface area contributed by atoms with Gasteiger partial charge in [-0.15, -0.1) is 0 Å². The number of hydrogen-bond donors (Lipinski definition) is 3. The zero-order valence-electron chi connectivity index (χ0n) is 30.5. The average molecular weight is 784 g/mol. The zero-order valence-corrected chi connectivity index (χ0v) is 32.1. The lowest BCUT2D eigenvalue weighted by Gasteiger charge is -2.30. The molecular formula is C38H46ClN5O9S. The van der Waals surface area contributed by atoms with Crippen LogP contribution in [0.1, 0.15) is 76.8 Å². The van der Waals surface area contributed by atoms with E-state index in [1.807, 2.05) is 30.3 Å². The number of allylic oxidation sites excluding steroid dienone is 1. The van der Waals surface area contributed by atoms with Gasteiger partial charge in [-0.2, -0.15) is 0 Å². The highest BCUT2D eigenvalue weighted by molar-refractivity contribution is 7.90. The molecule has 3 aliphatic heterocycles. The summed E-state index contributed by atoms with van der Waals surface area (Å²) in [5, 5.41) is 5.80. The van der Waals surface area contributed by atoms with Crippen molar-refractivity contribution in [3.63, 3.8) is 0 Å². The van der Waals surface area contributed by atoms with Crippen molar-refractivity contribution in [1.82, 2.24) is 25.2 Å². The predicted molar refractivity (Wildman–Crippen MR) is 197 cm³/mol. The lowest BCUT2D eigenvalue weighted by atomic mass is 10.0. The standard InChI is InChI=1S/C38H46ClN5O9S/c1-37(2,3)53-35(48)40-30-14-8-6-4-5-7-13-26-20-38(26,34(47)42-54(50,51)29-17-15-27(39)16-18-29)41-32(45)31-19-28(23-44(31)33(30)46)52-36(49)43-21-24-11-9-10-12-25(24)22-43/h7,9-13,15-18,26,28,30-31H,4-6,8,14,19-23H2,1-3H3,(H,40,48)(H,41,45)(H,42,47)/t26-,28-,30+,31+,38-/m1/s1. The van der Waals surface area contributed by atoms with Crippen molar-refractivity contribution in [1.29, 1.82) is 0 Å². The van der Waals surface area contributed by atoms with Gasteiger partial charge in [-0.1, -0.05) is 60.9 Å². The van der Waals surface area contributed by atoms with Crippen LogP contribution in [-0.2, 0) is 47.0 Å². The summed E-state index contributed by atoms with van der Waals surface area (Å²) in [6.45, 7) is 5.66. The number of alkyl carbamates (subject to hydrolysis) is 1. The number of hydrogen-bond acceptors (Lipinski definition) is 9. The summed E-state index contributed by atoms with van der Waals surface area (Å²) < 4.78 is 40.0. The third-order valence-corrected chi connectivity index (χ3v) is 11.7. The van der Waals surface area contributed by atoms with E-state index in [1.54, 1.807) is 26.8 Å². The van der Waals surface area contributed by atoms with E-state index < -0.39 is 75.2 Å². The minimum Gasteiger partial charge on any atom is -0.444 e. The van der Waals surface area contributed by atoms with Crippen LogP contribution in [0.25, 0.3) is 0 Å². The van der Waals surface area contributed by atoms with E-state index in [1.165, 1.54) is 34.1 Å². The molecule has 3 heterocycles. The quantitative estimate of drug-likeness (QED) is 0.367. The first-order valence-corrected chi connectivity index (χ1v) is 20.0. The number of carbonyl (C=O) groups is 5. The number of nitrogens with one attached hydrogen (secondary N) is 3.